The van der Waals surface area contributed by atoms with Crippen LogP contribution in [0.2, 0.25) is 0 Å². The summed E-state index contributed by atoms with van der Waals surface area (Å²) in [6.45, 7) is 2.04. The molecule has 0 heterocycles. The summed E-state index contributed by atoms with van der Waals surface area (Å²) in [7, 11) is 0. The lowest BCUT2D eigenvalue weighted by Crippen LogP contribution is -2.33. The van der Waals surface area contributed by atoms with Gasteiger partial charge in [-0.3, -0.25) is 0 Å². The largest absolute Gasteiger partial charge is 0.389 e. The quantitative estimate of drug-likeness (QED) is 0.846. The predicted octanol–water partition coefficient (Wildman–Crippen LogP) is 4.11. The molecule has 0 saturated carbocycles. The van der Waals surface area contributed by atoms with Gasteiger partial charge in [-0.15, -0.1) is 0 Å². The highest BCUT2D eigenvalue weighted by atomic mass is 19.4. The number of hydrogen-bond acceptors (Lipinski definition) is 1. The van der Waals surface area contributed by atoms with E-state index in [1.165, 1.54) is 0 Å². The minimum Gasteiger partial charge on any atom is -0.385 e. The molecule has 1 aromatic carbocycles. The van der Waals surface area contributed by atoms with Crippen LogP contribution in [-0.2, 0) is 5.60 Å². The lowest BCUT2D eigenvalue weighted by Gasteiger charge is -2.37. The lowest BCUT2D eigenvalue weighted by molar-refractivity contribution is -0.149. The summed E-state index contributed by atoms with van der Waals surface area (Å²) in [5.74, 6) is 0.298. The van der Waals surface area contributed by atoms with E-state index in [-0.39, 0.29) is 6.42 Å². The van der Waals surface area contributed by atoms with Gasteiger partial charge >= 0.3 is 6.18 Å². The number of rotatable bonds is 2. The van der Waals surface area contributed by atoms with Crippen LogP contribution in [0.15, 0.2) is 24.3 Å². The number of halogens is 3. The minimum absolute atomic E-state index is 0.250. The summed E-state index contributed by atoms with van der Waals surface area (Å²) in [4.78, 5) is 0. The van der Waals surface area contributed by atoms with E-state index in [1.54, 1.807) is 12.1 Å². The molecule has 0 spiro atoms. The van der Waals surface area contributed by atoms with Crippen molar-refractivity contribution in [3.05, 3.63) is 35.4 Å². The van der Waals surface area contributed by atoms with Gasteiger partial charge in [0.2, 0.25) is 0 Å². The van der Waals surface area contributed by atoms with E-state index in [1.807, 2.05) is 19.1 Å². The molecule has 0 radical (unpaired) electrons. The summed E-state index contributed by atoms with van der Waals surface area (Å²) in [5, 5.41) is 10.5. The topological polar surface area (TPSA) is 20.2 Å². The number of benzene rings is 1. The van der Waals surface area contributed by atoms with Gasteiger partial charge in [-0.05, 0) is 36.3 Å². The van der Waals surface area contributed by atoms with Gasteiger partial charge in [0.1, 0.15) is 0 Å². The Bertz CT molecular complexity index is 427. The molecule has 4 heteroatoms. The van der Waals surface area contributed by atoms with Crippen molar-refractivity contribution < 1.29 is 18.3 Å². The van der Waals surface area contributed by atoms with Gasteiger partial charge < -0.3 is 5.11 Å². The van der Waals surface area contributed by atoms with Crippen molar-refractivity contribution in [3.63, 3.8) is 0 Å². The molecule has 0 saturated heterocycles. The Kier molecular flexibility index (Phi) is 3.41. The number of alkyl halides is 3. The van der Waals surface area contributed by atoms with E-state index in [4.69, 9.17) is 0 Å². The van der Waals surface area contributed by atoms with Gasteiger partial charge in [-0.1, -0.05) is 31.2 Å². The summed E-state index contributed by atoms with van der Waals surface area (Å²) in [6.07, 6.45) is -4.27. The van der Waals surface area contributed by atoms with Gasteiger partial charge in [0, 0.05) is 6.42 Å². The van der Waals surface area contributed by atoms with E-state index < -0.39 is 18.2 Å². The molecular weight excluding hydrogens is 241 g/mol. The van der Waals surface area contributed by atoms with Gasteiger partial charge in [0.15, 0.2) is 0 Å². The average Bonchev–Trinajstić information content (AvgIpc) is 2.32. The maximum atomic E-state index is 12.3. The summed E-state index contributed by atoms with van der Waals surface area (Å²) in [6, 6.07) is 7.29. The molecule has 1 nitrogen and oxygen atoms in total. The molecule has 2 unspecified atom stereocenters. The standard InChI is InChI=1S/C14H17F3O/c1-10-6-7-13(18,8-9-14(15,16)17)12-5-3-2-4-11(10)12/h2-5,10,18H,6-9H2,1H3. The molecule has 100 valence electrons. The van der Waals surface area contributed by atoms with Crippen LogP contribution in [-0.4, -0.2) is 11.3 Å². The first kappa shape index (κ1) is 13.4. The summed E-state index contributed by atoms with van der Waals surface area (Å²) < 4.78 is 37.0. The third kappa shape index (κ3) is 2.69. The van der Waals surface area contributed by atoms with Gasteiger partial charge in [0.05, 0.1) is 5.60 Å². The van der Waals surface area contributed by atoms with E-state index in [0.717, 1.165) is 12.0 Å². The Morgan fingerprint density at radius 1 is 1.33 bits per heavy atom. The molecule has 0 amide bonds. The van der Waals surface area contributed by atoms with Gasteiger partial charge in [0.25, 0.3) is 0 Å². The highest BCUT2D eigenvalue weighted by Gasteiger charge is 2.40. The normalized spacial score (nSPS) is 27.9. The maximum Gasteiger partial charge on any atom is 0.389 e. The SMILES string of the molecule is CC1CCC(O)(CCC(F)(F)F)c2ccccc21. The Hall–Kier alpha value is -1.03. The van der Waals surface area contributed by atoms with E-state index >= 15 is 0 Å². The van der Waals surface area contributed by atoms with Crippen LogP contribution in [0.3, 0.4) is 0 Å². The average molecular weight is 258 g/mol. The zero-order valence-electron chi connectivity index (χ0n) is 10.3. The van der Waals surface area contributed by atoms with E-state index in [9.17, 15) is 18.3 Å². The first-order valence-corrected chi connectivity index (χ1v) is 6.20. The Labute approximate surface area is 105 Å². The second-order valence-electron chi connectivity index (χ2n) is 5.17. The van der Waals surface area contributed by atoms with E-state index in [2.05, 4.69) is 0 Å². The maximum absolute atomic E-state index is 12.3. The zero-order chi connectivity index (χ0) is 13.4. The molecule has 0 bridgehead atoms. The van der Waals surface area contributed by atoms with Crippen molar-refractivity contribution in [3.8, 4) is 0 Å². The van der Waals surface area contributed by atoms with Crippen molar-refractivity contribution >= 4 is 0 Å². The first-order valence-electron chi connectivity index (χ1n) is 6.20. The predicted molar refractivity (Wildman–Crippen MR) is 63.3 cm³/mol. The van der Waals surface area contributed by atoms with Gasteiger partial charge in [-0.2, -0.15) is 13.2 Å². The van der Waals surface area contributed by atoms with Crippen LogP contribution in [0.4, 0.5) is 13.2 Å². The van der Waals surface area contributed by atoms with Crippen molar-refractivity contribution in [2.45, 2.75) is 50.3 Å². The van der Waals surface area contributed by atoms with Gasteiger partial charge in [-0.25, -0.2) is 0 Å². The second-order valence-corrected chi connectivity index (χ2v) is 5.17. The minimum atomic E-state index is -4.21. The van der Waals surface area contributed by atoms with Crippen LogP contribution >= 0.6 is 0 Å². The smallest absolute Gasteiger partial charge is 0.385 e. The molecule has 1 aromatic rings. The molecule has 2 rings (SSSR count). The van der Waals surface area contributed by atoms with Crippen LogP contribution in [0.25, 0.3) is 0 Å². The third-order valence-electron chi connectivity index (χ3n) is 3.81. The first-order chi connectivity index (χ1) is 8.32. The molecule has 1 aliphatic carbocycles. The molecule has 0 aromatic heterocycles. The Balaban J connectivity index is 2.27. The van der Waals surface area contributed by atoms with Crippen LogP contribution < -0.4 is 0 Å². The monoisotopic (exact) mass is 258 g/mol. The summed E-state index contributed by atoms with van der Waals surface area (Å²) >= 11 is 0. The number of aliphatic hydroxyl groups is 1. The van der Waals surface area contributed by atoms with Crippen molar-refractivity contribution in [1.82, 2.24) is 0 Å². The van der Waals surface area contributed by atoms with Crippen LogP contribution in [0, 0.1) is 0 Å². The molecule has 18 heavy (non-hydrogen) atoms. The highest BCUT2D eigenvalue weighted by molar-refractivity contribution is 5.37. The third-order valence-corrected chi connectivity index (χ3v) is 3.81. The second kappa shape index (κ2) is 4.57. The zero-order valence-corrected chi connectivity index (χ0v) is 10.3. The van der Waals surface area contributed by atoms with Crippen LogP contribution in [0.1, 0.15) is 49.7 Å². The Morgan fingerprint density at radius 3 is 2.67 bits per heavy atom. The molecule has 1 aliphatic rings. The number of fused-ring (bicyclic) bond motifs is 1. The molecule has 2 atom stereocenters. The molecule has 0 aliphatic heterocycles. The molecule has 0 fully saturated rings. The fraction of sp³-hybridized carbons (Fsp3) is 0.571. The fourth-order valence-corrected chi connectivity index (χ4v) is 2.70. The molecular formula is C14H17F3O. The Morgan fingerprint density at radius 2 is 2.00 bits per heavy atom. The highest BCUT2D eigenvalue weighted by Crippen LogP contribution is 2.44. The van der Waals surface area contributed by atoms with Crippen LogP contribution in [0.5, 0.6) is 0 Å². The van der Waals surface area contributed by atoms with Crippen molar-refractivity contribution in [2.24, 2.45) is 0 Å². The van der Waals surface area contributed by atoms with E-state index in [0.29, 0.717) is 17.9 Å². The van der Waals surface area contributed by atoms with Crippen molar-refractivity contribution in [2.75, 3.05) is 0 Å². The number of hydrogen-bond donors (Lipinski definition) is 1. The summed E-state index contributed by atoms with van der Waals surface area (Å²) in [5.41, 5.74) is 0.333. The lowest BCUT2D eigenvalue weighted by atomic mass is 9.72. The fourth-order valence-electron chi connectivity index (χ4n) is 2.70. The van der Waals surface area contributed by atoms with Crippen molar-refractivity contribution in [1.29, 1.82) is 0 Å². The molecule has 1 N–H and O–H groups in total.